The third-order valence-electron chi connectivity index (χ3n) is 4.52. The Morgan fingerprint density at radius 3 is 2.89 bits per heavy atom. The fraction of sp³-hybridized carbons (Fsp3) is 0.350. The van der Waals surface area contributed by atoms with Crippen LogP contribution in [0.5, 0.6) is 11.5 Å². The molecule has 1 unspecified atom stereocenters. The van der Waals surface area contributed by atoms with E-state index >= 15 is 0 Å². The molecule has 27 heavy (non-hydrogen) atoms. The zero-order chi connectivity index (χ0) is 19.2. The Kier molecular flexibility index (Phi) is 6.11. The maximum absolute atomic E-state index is 12.3. The molecule has 0 aromatic heterocycles. The smallest absolute Gasteiger partial charge is 0.315 e. The van der Waals surface area contributed by atoms with Gasteiger partial charge in [-0.25, -0.2) is 13.6 Å². The second-order valence-corrected chi connectivity index (χ2v) is 6.47. The van der Waals surface area contributed by atoms with Gasteiger partial charge in [-0.05, 0) is 54.2 Å². The van der Waals surface area contributed by atoms with Crippen LogP contribution in [0, 0.1) is 0 Å². The highest BCUT2D eigenvalue weighted by atomic mass is 19.3. The van der Waals surface area contributed by atoms with E-state index in [1.165, 1.54) is 0 Å². The van der Waals surface area contributed by atoms with Gasteiger partial charge in [-0.15, -0.1) is 0 Å². The molecule has 0 aliphatic heterocycles. The highest BCUT2D eigenvalue weighted by Gasteiger charge is 2.23. The Bertz CT molecular complexity index is 799. The molecule has 0 fully saturated rings. The number of carbonyl (C=O) groups is 1. The van der Waals surface area contributed by atoms with Crippen LogP contribution in [0.2, 0.25) is 0 Å². The van der Waals surface area contributed by atoms with Crippen molar-refractivity contribution in [3.63, 3.8) is 0 Å². The quantitative estimate of drug-likeness (QED) is 0.716. The number of rotatable bonds is 6. The molecule has 3 rings (SSSR count). The molecule has 1 aliphatic carbocycles. The number of benzene rings is 2. The van der Waals surface area contributed by atoms with Gasteiger partial charge in [0.2, 0.25) is 0 Å². The number of ether oxygens (including phenoxy) is 1. The number of phenols is 1. The van der Waals surface area contributed by atoms with Crippen LogP contribution in [0.25, 0.3) is 0 Å². The largest absolute Gasteiger partial charge is 0.508 e. The van der Waals surface area contributed by atoms with E-state index < -0.39 is 13.0 Å². The molecule has 5 nitrogen and oxygen atoms in total. The van der Waals surface area contributed by atoms with Crippen molar-refractivity contribution in [1.82, 2.24) is 10.6 Å². The lowest BCUT2D eigenvalue weighted by Gasteiger charge is -2.27. The number of fused-ring (bicyclic) bond motifs is 1. The van der Waals surface area contributed by atoms with Gasteiger partial charge in [-0.1, -0.05) is 24.3 Å². The molecule has 2 amide bonds. The van der Waals surface area contributed by atoms with Crippen molar-refractivity contribution >= 4 is 6.03 Å². The highest BCUT2D eigenvalue weighted by molar-refractivity contribution is 5.74. The van der Waals surface area contributed by atoms with Gasteiger partial charge in [-0.3, -0.25) is 0 Å². The first kappa shape index (κ1) is 18.9. The molecule has 2 aromatic rings. The Hall–Kier alpha value is -2.83. The molecule has 0 bridgehead atoms. The topological polar surface area (TPSA) is 70.6 Å². The number of hydrogen-bond donors (Lipinski definition) is 3. The Morgan fingerprint density at radius 2 is 2.07 bits per heavy atom. The predicted octanol–water partition coefficient (Wildman–Crippen LogP) is 3.91. The summed E-state index contributed by atoms with van der Waals surface area (Å²) in [6.45, 7) is -0.414. The first-order chi connectivity index (χ1) is 13.0. The monoisotopic (exact) mass is 376 g/mol. The first-order valence-electron chi connectivity index (χ1n) is 8.88. The SMILES string of the molecule is O=C(NCc1cccc(OCC(F)F)c1)NC1CCCc2c(O)cccc21. The molecule has 1 atom stereocenters. The summed E-state index contributed by atoms with van der Waals surface area (Å²) < 4.78 is 29.4. The molecule has 0 radical (unpaired) electrons. The summed E-state index contributed by atoms with van der Waals surface area (Å²) in [5.74, 6) is 0.603. The molecule has 3 N–H and O–H groups in total. The number of carbonyl (C=O) groups excluding carboxylic acids is 1. The minimum absolute atomic E-state index is 0.151. The molecular formula is C20H22F2N2O3. The Balaban J connectivity index is 1.55. The van der Waals surface area contributed by atoms with E-state index in [-0.39, 0.29) is 24.4 Å². The number of phenolic OH excluding ortho intramolecular Hbond substituents is 1. The van der Waals surface area contributed by atoms with Crippen LogP contribution in [0.4, 0.5) is 13.6 Å². The number of hydrogen-bond acceptors (Lipinski definition) is 3. The van der Waals surface area contributed by atoms with E-state index in [4.69, 9.17) is 4.74 Å². The Labute approximate surface area is 156 Å². The van der Waals surface area contributed by atoms with Crippen molar-refractivity contribution < 1.29 is 23.4 Å². The molecule has 1 aliphatic rings. The number of aromatic hydroxyl groups is 1. The second kappa shape index (κ2) is 8.70. The van der Waals surface area contributed by atoms with Crippen LogP contribution in [0.3, 0.4) is 0 Å². The van der Waals surface area contributed by atoms with Gasteiger partial charge >= 0.3 is 6.03 Å². The number of amides is 2. The molecular weight excluding hydrogens is 354 g/mol. The van der Waals surface area contributed by atoms with E-state index in [1.54, 1.807) is 36.4 Å². The number of nitrogens with one attached hydrogen (secondary N) is 2. The van der Waals surface area contributed by atoms with Gasteiger partial charge < -0.3 is 20.5 Å². The van der Waals surface area contributed by atoms with Crippen LogP contribution in [-0.2, 0) is 13.0 Å². The summed E-state index contributed by atoms with van der Waals surface area (Å²) in [5, 5.41) is 15.7. The summed E-state index contributed by atoms with van der Waals surface area (Å²) in [5.41, 5.74) is 2.58. The van der Waals surface area contributed by atoms with E-state index in [1.807, 2.05) is 6.07 Å². The molecule has 2 aromatic carbocycles. The minimum Gasteiger partial charge on any atom is -0.508 e. The molecule has 144 valence electrons. The van der Waals surface area contributed by atoms with Crippen LogP contribution >= 0.6 is 0 Å². The van der Waals surface area contributed by atoms with Crippen molar-refractivity contribution in [1.29, 1.82) is 0 Å². The normalized spacial score (nSPS) is 15.9. The number of halogens is 2. The second-order valence-electron chi connectivity index (χ2n) is 6.47. The Morgan fingerprint density at radius 1 is 1.26 bits per heavy atom. The van der Waals surface area contributed by atoms with Crippen LogP contribution in [-0.4, -0.2) is 24.2 Å². The van der Waals surface area contributed by atoms with E-state index in [2.05, 4.69) is 10.6 Å². The lowest BCUT2D eigenvalue weighted by molar-refractivity contribution is 0.0818. The zero-order valence-corrected chi connectivity index (χ0v) is 14.8. The molecule has 0 saturated carbocycles. The average Bonchev–Trinajstić information content (AvgIpc) is 2.66. The minimum atomic E-state index is -2.53. The fourth-order valence-corrected chi connectivity index (χ4v) is 3.28. The molecule has 0 saturated heterocycles. The van der Waals surface area contributed by atoms with Gasteiger partial charge in [0.1, 0.15) is 18.1 Å². The summed E-state index contributed by atoms with van der Waals surface area (Å²) >= 11 is 0. The summed E-state index contributed by atoms with van der Waals surface area (Å²) in [7, 11) is 0. The first-order valence-corrected chi connectivity index (χ1v) is 8.88. The van der Waals surface area contributed by atoms with E-state index in [0.29, 0.717) is 5.75 Å². The van der Waals surface area contributed by atoms with Crippen LogP contribution < -0.4 is 15.4 Å². The van der Waals surface area contributed by atoms with Crippen LogP contribution in [0.15, 0.2) is 42.5 Å². The summed E-state index contributed by atoms with van der Waals surface area (Å²) in [4.78, 5) is 12.3. The molecule has 0 spiro atoms. The summed E-state index contributed by atoms with van der Waals surface area (Å²) in [6.07, 6.45) is -0.0389. The van der Waals surface area contributed by atoms with E-state index in [9.17, 15) is 18.7 Å². The summed E-state index contributed by atoms with van der Waals surface area (Å²) in [6, 6.07) is 11.6. The fourth-order valence-electron chi connectivity index (χ4n) is 3.28. The standard InChI is InChI=1S/C20H22F2N2O3/c21-19(22)12-27-14-5-1-4-13(10-14)11-23-20(26)24-17-8-2-7-16-15(17)6-3-9-18(16)25/h1,3-6,9-10,17,19,25H,2,7-8,11-12H2,(H2,23,24,26). The average molecular weight is 376 g/mol. The lowest BCUT2D eigenvalue weighted by Crippen LogP contribution is -2.38. The van der Waals surface area contributed by atoms with Gasteiger partial charge in [-0.2, -0.15) is 0 Å². The van der Waals surface area contributed by atoms with Gasteiger partial charge in [0.25, 0.3) is 6.43 Å². The zero-order valence-electron chi connectivity index (χ0n) is 14.8. The number of alkyl halides is 2. The predicted molar refractivity (Wildman–Crippen MR) is 97.1 cm³/mol. The third-order valence-corrected chi connectivity index (χ3v) is 4.52. The van der Waals surface area contributed by atoms with Crippen molar-refractivity contribution in [3.8, 4) is 11.5 Å². The number of urea groups is 1. The van der Waals surface area contributed by atoms with E-state index in [0.717, 1.165) is 36.0 Å². The van der Waals surface area contributed by atoms with Gasteiger partial charge in [0.05, 0.1) is 6.04 Å². The van der Waals surface area contributed by atoms with Crippen molar-refractivity contribution in [2.75, 3.05) is 6.61 Å². The maximum Gasteiger partial charge on any atom is 0.315 e. The van der Waals surface area contributed by atoms with Gasteiger partial charge in [0.15, 0.2) is 0 Å². The highest BCUT2D eigenvalue weighted by Crippen LogP contribution is 2.34. The lowest BCUT2D eigenvalue weighted by atomic mass is 9.87. The van der Waals surface area contributed by atoms with Crippen molar-refractivity contribution in [2.45, 2.75) is 38.3 Å². The van der Waals surface area contributed by atoms with Gasteiger partial charge in [0, 0.05) is 6.54 Å². The van der Waals surface area contributed by atoms with Crippen molar-refractivity contribution in [3.05, 3.63) is 59.2 Å². The molecule has 7 heteroatoms. The molecule has 0 heterocycles. The maximum atomic E-state index is 12.3. The third kappa shape index (κ3) is 5.09. The van der Waals surface area contributed by atoms with Crippen molar-refractivity contribution in [2.24, 2.45) is 0 Å². The van der Waals surface area contributed by atoms with Crippen LogP contribution in [0.1, 0.15) is 35.6 Å².